The topological polar surface area (TPSA) is 93.2 Å². The summed E-state index contributed by atoms with van der Waals surface area (Å²) in [5.41, 5.74) is 3.08. The molecule has 27 heavy (non-hydrogen) atoms. The van der Waals surface area contributed by atoms with Crippen molar-refractivity contribution in [2.45, 2.75) is 33.6 Å². The van der Waals surface area contributed by atoms with Crippen LogP contribution in [0.4, 0.5) is 0 Å². The van der Waals surface area contributed by atoms with E-state index in [1.807, 2.05) is 26.8 Å². The monoisotopic (exact) mass is 368 g/mol. The third-order valence-electron chi connectivity index (χ3n) is 5.18. The first kappa shape index (κ1) is 17.7. The van der Waals surface area contributed by atoms with E-state index in [1.54, 1.807) is 6.07 Å². The van der Waals surface area contributed by atoms with Crippen molar-refractivity contribution in [2.75, 3.05) is 19.6 Å². The van der Waals surface area contributed by atoms with Crippen LogP contribution in [-0.4, -0.2) is 35.7 Å². The number of nitrogens with zero attached hydrogens (tertiary/aromatic N) is 2. The Morgan fingerprint density at radius 1 is 1.33 bits per heavy atom. The fourth-order valence-corrected chi connectivity index (χ4v) is 3.74. The van der Waals surface area contributed by atoms with Crippen molar-refractivity contribution in [1.82, 2.24) is 20.8 Å². The molecule has 0 aliphatic carbocycles. The minimum Gasteiger partial charge on any atom is -0.466 e. The summed E-state index contributed by atoms with van der Waals surface area (Å²) in [5, 5.41) is 11.1. The molecule has 1 saturated heterocycles. The smallest absolute Gasteiger partial charge is 0.259 e. The molecule has 1 aliphatic rings. The molecule has 1 atom stereocenters. The molecular weight excluding hydrogens is 344 g/mol. The molecule has 7 heteroatoms. The molecule has 0 spiro atoms. The van der Waals surface area contributed by atoms with Crippen LogP contribution in [0.15, 0.2) is 21.1 Å². The Morgan fingerprint density at radius 2 is 2.19 bits per heavy atom. The summed E-state index contributed by atoms with van der Waals surface area (Å²) < 4.78 is 11.0. The number of carbonyl (C=O) groups excluding carboxylic acids is 1. The summed E-state index contributed by atoms with van der Waals surface area (Å²) in [6.45, 7) is 8.34. The maximum absolute atomic E-state index is 12.9. The number of rotatable bonds is 5. The normalized spacial score (nSPS) is 16.9. The average Bonchev–Trinajstić information content (AvgIpc) is 3.36. The molecule has 0 bridgehead atoms. The average molecular weight is 368 g/mol. The van der Waals surface area contributed by atoms with E-state index in [2.05, 4.69) is 20.8 Å². The second-order valence-corrected chi connectivity index (χ2v) is 7.23. The van der Waals surface area contributed by atoms with Crippen LogP contribution < -0.4 is 10.6 Å². The van der Waals surface area contributed by atoms with E-state index in [1.165, 1.54) is 6.42 Å². The molecule has 1 fully saturated rings. The number of hydrogen-bond donors (Lipinski definition) is 2. The molecule has 3 aromatic rings. The summed E-state index contributed by atoms with van der Waals surface area (Å²) in [7, 11) is 0. The van der Waals surface area contributed by atoms with Gasteiger partial charge in [-0.1, -0.05) is 5.16 Å². The van der Waals surface area contributed by atoms with E-state index < -0.39 is 0 Å². The molecule has 4 heterocycles. The molecule has 1 amide bonds. The number of carbonyl (C=O) groups is 1. The summed E-state index contributed by atoms with van der Waals surface area (Å²) in [6.07, 6.45) is 2.14. The van der Waals surface area contributed by atoms with Crippen LogP contribution >= 0.6 is 0 Å². The number of fused-ring (bicyclic) bond motifs is 1. The van der Waals surface area contributed by atoms with Crippen molar-refractivity contribution in [2.24, 2.45) is 5.92 Å². The molecule has 2 N–H and O–H groups in total. The van der Waals surface area contributed by atoms with E-state index in [-0.39, 0.29) is 5.91 Å². The predicted molar refractivity (Wildman–Crippen MR) is 102 cm³/mol. The zero-order valence-electron chi connectivity index (χ0n) is 15.9. The summed E-state index contributed by atoms with van der Waals surface area (Å²) >= 11 is 0. The van der Waals surface area contributed by atoms with Crippen molar-refractivity contribution < 1.29 is 13.7 Å². The number of aromatic nitrogens is 2. The van der Waals surface area contributed by atoms with Crippen LogP contribution in [0.3, 0.4) is 0 Å². The van der Waals surface area contributed by atoms with Gasteiger partial charge in [0.25, 0.3) is 11.6 Å². The Balaban J connectivity index is 1.64. The Hall–Kier alpha value is -2.67. The maximum atomic E-state index is 12.9. The number of pyridine rings is 1. The fourth-order valence-electron chi connectivity index (χ4n) is 3.74. The van der Waals surface area contributed by atoms with Gasteiger partial charge in [0.1, 0.15) is 11.5 Å². The summed E-state index contributed by atoms with van der Waals surface area (Å²) in [6, 6.07) is 3.72. The number of hydrogen-bond acceptors (Lipinski definition) is 6. The lowest BCUT2D eigenvalue weighted by molar-refractivity contribution is 0.0953. The Labute approximate surface area is 157 Å². The first-order valence-corrected chi connectivity index (χ1v) is 9.36. The van der Waals surface area contributed by atoms with E-state index in [9.17, 15) is 4.79 Å². The molecular formula is C20H24N4O3. The second-order valence-electron chi connectivity index (χ2n) is 7.23. The number of aryl methyl sites for hydroxylation is 3. The van der Waals surface area contributed by atoms with E-state index in [4.69, 9.17) is 8.94 Å². The van der Waals surface area contributed by atoms with Crippen molar-refractivity contribution in [3.63, 3.8) is 0 Å². The lowest BCUT2D eigenvalue weighted by Gasteiger charge is -2.10. The largest absolute Gasteiger partial charge is 0.466 e. The third kappa shape index (κ3) is 3.47. The fraction of sp³-hybridized carbons (Fsp3) is 0.450. The van der Waals surface area contributed by atoms with E-state index in [0.717, 1.165) is 36.6 Å². The van der Waals surface area contributed by atoms with Gasteiger partial charge < -0.3 is 19.6 Å². The van der Waals surface area contributed by atoms with Gasteiger partial charge in [0.2, 0.25) is 0 Å². The zero-order chi connectivity index (χ0) is 19.0. The van der Waals surface area contributed by atoms with Gasteiger partial charge in [-0.25, -0.2) is 4.98 Å². The minimum absolute atomic E-state index is 0.126. The molecule has 1 aliphatic heterocycles. The quantitative estimate of drug-likeness (QED) is 0.719. The van der Waals surface area contributed by atoms with Gasteiger partial charge in [-0.05, 0) is 64.8 Å². The molecule has 0 aromatic carbocycles. The minimum atomic E-state index is -0.126. The second kappa shape index (κ2) is 7.15. The van der Waals surface area contributed by atoms with Crippen LogP contribution in [0.5, 0.6) is 0 Å². The first-order valence-electron chi connectivity index (χ1n) is 9.36. The highest BCUT2D eigenvalue weighted by Crippen LogP contribution is 2.30. The Bertz CT molecular complexity index is 983. The molecule has 142 valence electrons. The molecule has 7 nitrogen and oxygen atoms in total. The van der Waals surface area contributed by atoms with E-state index in [0.29, 0.717) is 40.5 Å². The van der Waals surface area contributed by atoms with Gasteiger partial charge in [0.15, 0.2) is 0 Å². The number of amides is 1. The SMILES string of the molecule is Cc1cc(-c2cc(C(=O)NCCC3CCNC3)c3c(C)noc3n2)c(C)o1. The lowest BCUT2D eigenvalue weighted by atomic mass is 10.0. The molecule has 0 radical (unpaired) electrons. The van der Waals surface area contributed by atoms with Gasteiger partial charge in [-0.15, -0.1) is 0 Å². The molecule has 3 aromatic heterocycles. The summed E-state index contributed by atoms with van der Waals surface area (Å²) in [4.78, 5) is 17.5. The highest BCUT2D eigenvalue weighted by molar-refractivity contribution is 6.07. The molecule has 0 saturated carbocycles. The Kier molecular flexibility index (Phi) is 4.70. The predicted octanol–water partition coefficient (Wildman–Crippen LogP) is 3.14. The van der Waals surface area contributed by atoms with Crippen LogP contribution in [0, 0.1) is 26.7 Å². The number of nitrogens with one attached hydrogen (secondary N) is 2. The van der Waals surface area contributed by atoms with Crippen LogP contribution in [-0.2, 0) is 0 Å². The Morgan fingerprint density at radius 3 is 2.89 bits per heavy atom. The van der Waals surface area contributed by atoms with Crippen molar-refractivity contribution in [3.8, 4) is 11.3 Å². The van der Waals surface area contributed by atoms with Gasteiger partial charge in [-0.2, -0.15) is 0 Å². The standard InChI is InChI=1S/C20H24N4O3/c1-11-8-15(13(3)26-11)17-9-16(18-12(2)24-27-20(18)23-17)19(25)22-7-5-14-4-6-21-10-14/h8-9,14,21H,4-7,10H2,1-3H3,(H,22,25). The van der Waals surface area contributed by atoms with Gasteiger partial charge >= 0.3 is 0 Å². The van der Waals surface area contributed by atoms with Crippen LogP contribution in [0.25, 0.3) is 22.4 Å². The van der Waals surface area contributed by atoms with Gasteiger partial charge in [-0.3, -0.25) is 4.79 Å². The summed E-state index contributed by atoms with van der Waals surface area (Å²) in [5.74, 6) is 2.07. The van der Waals surface area contributed by atoms with Gasteiger partial charge in [0.05, 0.1) is 22.3 Å². The first-order chi connectivity index (χ1) is 13.0. The van der Waals surface area contributed by atoms with E-state index >= 15 is 0 Å². The lowest BCUT2D eigenvalue weighted by Crippen LogP contribution is -2.26. The third-order valence-corrected chi connectivity index (χ3v) is 5.18. The van der Waals surface area contributed by atoms with Crippen molar-refractivity contribution in [3.05, 3.63) is 34.9 Å². The van der Waals surface area contributed by atoms with Crippen LogP contribution in [0.1, 0.15) is 40.4 Å². The number of furan rings is 1. The molecule has 4 rings (SSSR count). The highest BCUT2D eigenvalue weighted by Gasteiger charge is 2.21. The highest BCUT2D eigenvalue weighted by atomic mass is 16.5. The van der Waals surface area contributed by atoms with Gasteiger partial charge in [0, 0.05) is 12.1 Å². The van der Waals surface area contributed by atoms with Crippen molar-refractivity contribution in [1.29, 1.82) is 0 Å². The molecule has 1 unspecified atom stereocenters. The zero-order valence-corrected chi connectivity index (χ0v) is 15.9. The maximum Gasteiger partial charge on any atom is 0.259 e. The van der Waals surface area contributed by atoms with Crippen LogP contribution in [0.2, 0.25) is 0 Å². The van der Waals surface area contributed by atoms with Crippen molar-refractivity contribution >= 4 is 17.0 Å².